The van der Waals surface area contributed by atoms with Crippen LogP contribution < -0.4 is 0 Å². The predicted octanol–water partition coefficient (Wildman–Crippen LogP) is 2.12. The molecule has 0 radical (unpaired) electrons. The molecule has 6 nitrogen and oxygen atoms in total. The van der Waals surface area contributed by atoms with E-state index in [2.05, 4.69) is 4.98 Å². The zero-order valence-corrected chi connectivity index (χ0v) is 13.2. The summed E-state index contributed by atoms with van der Waals surface area (Å²) in [6, 6.07) is 10.4. The first-order valence-corrected chi connectivity index (χ1v) is 7.58. The number of imide groups is 1. The monoisotopic (exact) mass is 324 g/mol. The first kappa shape index (κ1) is 15.9. The number of pyridine rings is 1. The van der Waals surface area contributed by atoms with E-state index in [1.807, 2.05) is 6.92 Å². The highest BCUT2D eigenvalue weighted by Gasteiger charge is 2.35. The quantitative estimate of drug-likeness (QED) is 0.622. The minimum absolute atomic E-state index is 0.00639. The van der Waals surface area contributed by atoms with Gasteiger partial charge in [0, 0.05) is 12.7 Å². The smallest absolute Gasteiger partial charge is 0.307 e. The summed E-state index contributed by atoms with van der Waals surface area (Å²) < 4.78 is 5.10. The van der Waals surface area contributed by atoms with Gasteiger partial charge in [0.2, 0.25) is 0 Å². The largest absolute Gasteiger partial charge is 0.459 e. The van der Waals surface area contributed by atoms with Crippen LogP contribution in [-0.2, 0) is 16.1 Å². The van der Waals surface area contributed by atoms with Crippen molar-refractivity contribution < 1.29 is 19.1 Å². The Morgan fingerprint density at radius 1 is 1.12 bits per heavy atom. The van der Waals surface area contributed by atoms with E-state index in [4.69, 9.17) is 4.74 Å². The number of carbonyl (C=O) groups excluding carboxylic acids is 3. The van der Waals surface area contributed by atoms with Gasteiger partial charge < -0.3 is 4.74 Å². The number of hydrogen-bond acceptors (Lipinski definition) is 5. The van der Waals surface area contributed by atoms with Gasteiger partial charge in [0.15, 0.2) is 0 Å². The van der Waals surface area contributed by atoms with E-state index < -0.39 is 5.97 Å². The van der Waals surface area contributed by atoms with Crippen LogP contribution in [0.4, 0.5) is 0 Å². The molecular formula is C18H16N2O4. The zero-order chi connectivity index (χ0) is 17.1. The molecule has 3 rings (SSSR count). The molecule has 0 saturated heterocycles. The van der Waals surface area contributed by atoms with Gasteiger partial charge >= 0.3 is 5.97 Å². The summed E-state index contributed by atoms with van der Waals surface area (Å²) in [6.45, 7) is 1.93. The van der Waals surface area contributed by atoms with Crippen molar-refractivity contribution in [1.29, 1.82) is 0 Å². The fourth-order valence-electron chi connectivity index (χ4n) is 2.52. The third-order valence-electron chi connectivity index (χ3n) is 3.77. The Balaban J connectivity index is 1.56. The van der Waals surface area contributed by atoms with Crippen molar-refractivity contribution in [3.63, 3.8) is 0 Å². The maximum Gasteiger partial charge on any atom is 0.307 e. The minimum atomic E-state index is -0.478. The Morgan fingerprint density at radius 2 is 1.92 bits per heavy atom. The molecule has 0 fully saturated rings. The van der Waals surface area contributed by atoms with Crippen LogP contribution in [0.2, 0.25) is 0 Å². The van der Waals surface area contributed by atoms with Crippen molar-refractivity contribution in [2.45, 2.75) is 20.0 Å². The maximum atomic E-state index is 12.3. The van der Waals surface area contributed by atoms with Crippen LogP contribution in [0.1, 0.15) is 38.4 Å². The Morgan fingerprint density at radius 3 is 2.67 bits per heavy atom. The summed E-state index contributed by atoms with van der Waals surface area (Å²) in [5.74, 6) is -1.21. The van der Waals surface area contributed by atoms with Gasteiger partial charge in [-0.15, -0.1) is 0 Å². The molecule has 0 aliphatic carbocycles. The summed E-state index contributed by atoms with van der Waals surface area (Å²) >= 11 is 0. The van der Waals surface area contributed by atoms with Crippen molar-refractivity contribution >= 4 is 17.8 Å². The van der Waals surface area contributed by atoms with E-state index >= 15 is 0 Å². The number of esters is 1. The lowest BCUT2D eigenvalue weighted by Crippen LogP contribution is -2.32. The standard InChI is InChI=1S/C18H16N2O4/c1-12-5-6-14-15(10-12)18(23)20(17(14)22)9-7-16(21)24-11-13-4-2-3-8-19-13/h2-6,8,10H,7,9,11H2,1H3. The average molecular weight is 324 g/mol. The molecule has 24 heavy (non-hydrogen) atoms. The second-order valence-corrected chi connectivity index (χ2v) is 5.54. The summed E-state index contributed by atoms with van der Waals surface area (Å²) in [6.07, 6.45) is 1.57. The van der Waals surface area contributed by atoms with E-state index in [0.717, 1.165) is 10.5 Å². The molecular weight excluding hydrogens is 308 g/mol. The van der Waals surface area contributed by atoms with Crippen LogP contribution in [-0.4, -0.2) is 34.2 Å². The molecule has 1 aromatic carbocycles. The van der Waals surface area contributed by atoms with Gasteiger partial charge in [-0.25, -0.2) is 0 Å². The lowest BCUT2D eigenvalue weighted by atomic mass is 10.1. The lowest BCUT2D eigenvalue weighted by molar-refractivity contribution is -0.145. The number of hydrogen-bond donors (Lipinski definition) is 0. The van der Waals surface area contributed by atoms with Gasteiger partial charge in [-0.1, -0.05) is 17.7 Å². The molecule has 2 heterocycles. The second kappa shape index (κ2) is 6.62. The third kappa shape index (κ3) is 3.17. The molecule has 6 heteroatoms. The van der Waals surface area contributed by atoms with E-state index in [1.165, 1.54) is 0 Å². The van der Waals surface area contributed by atoms with Gasteiger partial charge in [0.05, 0.1) is 23.2 Å². The van der Waals surface area contributed by atoms with Gasteiger partial charge in [-0.3, -0.25) is 24.3 Å². The average Bonchev–Trinajstić information content (AvgIpc) is 2.82. The van der Waals surface area contributed by atoms with Gasteiger partial charge in [0.25, 0.3) is 11.8 Å². The van der Waals surface area contributed by atoms with Crippen LogP contribution >= 0.6 is 0 Å². The van der Waals surface area contributed by atoms with Crippen LogP contribution in [0.5, 0.6) is 0 Å². The first-order valence-electron chi connectivity index (χ1n) is 7.58. The van der Waals surface area contributed by atoms with E-state index in [9.17, 15) is 14.4 Å². The molecule has 122 valence electrons. The van der Waals surface area contributed by atoms with Crippen molar-refractivity contribution in [2.24, 2.45) is 0 Å². The molecule has 0 unspecified atom stereocenters. The number of rotatable bonds is 5. The first-order chi connectivity index (χ1) is 11.6. The number of nitrogens with zero attached hydrogens (tertiary/aromatic N) is 2. The third-order valence-corrected chi connectivity index (χ3v) is 3.77. The van der Waals surface area contributed by atoms with E-state index in [0.29, 0.717) is 16.8 Å². The highest BCUT2D eigenvalue weighted by molar-refractivity contribution is 6.21. The van der Waals surface area contributed by atoms with Gasteiger partial charge in [-0.2, -0.15) is 0 Å². The molecule has 1 aliphatic heterocycles. The molecule has 2 aromatic rings. The Labute approximate surface area is 139 Å². The molecule has 1 aliphatic rings. The van der Waals surface area contributed by atoms with Crippen molar-refractivity contribution in [3.8, 4) is 0 Å². The summed E-state index contributed by atoms with van der Waals surface area (Å²) in [5.41, 5.74) is 2.32. The molecule has 0 atom stereocenters. The van der Waals surface area contributed by atoms with Gasteiger partial charge in [-0.05, 0) is 31.2 Å². The zero-order valence-electron chi connectivity index (χ0n) is 13.2. The number of amides is 2. The van der Waals surface area contributed by atoms with Crippen molar-refractivity contribution in [1.82, 2.24) is 9.88 Å². The highest BCUT2D eigenvalue weighted by Crippen LogP contribution is 2.24. The Hall–Kier alpha value is -3.02. The van der Waals surface area contributed by atoms with Gasteiger partial charge in [0.1, 0.15) is 6.61 Å². The van der Waals surface area contributed by atoms with E-state index in [-0.39, 0.29) is 31.4 Å². The summed E-state index contributed by atoms with van der Waals surface area (Å²) in [5, 5.41) is 0. The van der Waals surface area contributed by atoms with Crippen molar-refractivity contribution in [3.05, 3.63) is 65.0 Å². The SMILES string of the molecule is Cc1ccc2c(c1)C(=O)N(CCC(=O)OCc1ccccn1)C2=O. The predicted molar refractivity (Wildman–Crippen MR) is 85.2 cm³/mol. The Kier molecular flexibility index (Phi) is 4.37. The molecule has 0 spiro atoms. The fraction of sp³-hybridized carbons (Fsp3) is 0.222. The van der Waals surface area contributed by atoms with Crippen LogP contribution in [0, 0.1) is 6.92 Å². The number of fused-ring (bicyclic) bond motifs is 1. The normalized spacial score (nSPS) is 13.1. The van der Waals surface area contributed by atoms with Crippen molar-refractivity contribution in [2.75, 3.05) is 6.54 Å². The van der Waals surface area contributed by atoms with E-state index in [1.54, 1.807) is 42.6 Å². The Bertz CT molecular complexity index is 802. The second-order valence-electron chi connectivity index (χ2n) is 5.54. The van der Waals surface area contributed by atoms with Crippen LogP contribution in [0.25, 0.3) is 0 Å². The molecule has 0 N–H and O–H groups in total. The molecule has 1 aromatic heterocycles. The molecule has 2 amide bonds. The van der Waals surface area contributed by atoms with Crippen LogP contribution in [0.15, 0.2) is 42.6 Å². The van der Waals surface area contributed by atoms with Crippen LogP contribution in [0.3, 0.4) is 0 Å². The topological polar surface area (TPSA) is 76.6 Å². The lowest BCUT2D eigenvalue weighted by Gasteiger charge is -2.13. The summed E-state index contributed by atoms with van der Waals surface area (Å²) in [7, 11) is 0. The minimum Gasteiger partial charge on any atom is -0.459 e. The summed E-state index contributed by atoms with van der Waals surface area (Å²) in [4.78, 5) is 41.5. The fourth-order valence-corrected chi connectivity index (χ4v) is 2.52. The maximum absolute atomic E-state index is 12.3. The molecule has 0 bridgehead atoms. The highest BCUT2D eigenvalue weighted by atomic mass is 16.5. The number of ether oxygens (including phenoxy) is 1. The number of aromatic nitrogens is 1. The number of aryl methyl sites for hydroxylation is 1. The number of benzene rings is 1. The number of carbonyl (C=O) groups is 3. The molecule has 0 saturated carbocycles.